The molecule has 2 aromatic carbocycles. The van der Waals surface area contributed by atoms with Gasteiger partial charge in [0.1, 0.15) is 11.5 Å². The molecule has 0 aliphatic carbocycles. The first-order chi connectivity index (χ1) is 14.1. The number of carbonyl (C=O) groups is 1. The zero-order chi connectivity index (χ0) is 20.1. The average Bonchev–Trinajstić information content (AvgIpc) is 3.23. The molecule has 0 spiro atoms. The standard InChI is InChI=1S/C24H24BrNO3/c25-20-8-4-7-19(17-20)24(13-15-28-16-14-24)26-23(27)12-10-21-9-11-22(29-21)18-5-2-1-3-6-18/h1-9,11,17H,10,12-16H2,(H,26,27). The monoisotopic (exact) mass is 453 g/mol. The minimum absolute atomic E-state index is 0.0320. The molecule has 0 saturated carbocycles. The van der Waals surface area contributed by atoms with Crippen LogP contribution in [0.5, 0.6) is 0 Å². The van der Waals surface area contributed by atoms with Gasteiger partial charge in [0.2, 0.25) is 5.91 Å². The van der Waals surface area contributed by atoms with Crippen molar-refractivity contribution in [2.75, 3.05) is 13.2 Å². The largest absolute Gasteiger partial charge is 0.461 e. The van der Waals surface area contributed by atoms with Gasteiger partial charge in [-0.1, -0.05) is 58.4 Å². The quantitative estimate of drug-likeness (QED) is 0.538. The fourth-order valence-corrected chi connectivity index (χ4v) is 4.23. The molecule has 2 heterocycles. The van der Waals surface area contributed by atoms with Crippen LogP contribution in [0.25, 0.3) is 11.3 Å². The number of hydrogen-bond donors (Lipinski definition) is 1. The molecular formula is C24H24BrNO3. The molecule has 0 bridgehead atoms. The molecule has 29 heavy (non-hydrogen) atoms. The van der Waals surface area contributed by atoms with E-state index in [0.717, 1.165) is 40.0 Å². The maximum atomic E-state index is 12.8. The molecule has 150 valence electrons. The first-order valence-corrected chi connectivity index (χ1v) is 10.7. The van der Waals surface area contributed by atoms with Crippen molar-refractivity contribution in [2.45, 2.75) is 31.2 Å². The third kappa shape index (κ3) is 4.80. The van der Waals surface area contributed by atoms with E-state index in [1.807, 2.05) is 54.6 Å². The lowest BCUT2D eigenvalue weighted by atomic mass is 9.82. The smallest absolute Gasteiger partial charge is 0.221 e. The predicted molar refractivity (Wildman–Crippen MR) is 116 cm³/mol. The van der Waals surface area contributed by atoms with Gasteiger partial charge in [0.15, 0.2) is 0 Å². The van der Waals surface area contributed by atoms with E-state index in [1.54, 1.807) is 0 Å². The summed E-state index contributed by atoms with van der Waals surface area (Å²) >= 11 is 3.55. The van der Waals surface area contributed by atoms with E-state index in [1.165, 1.54) is 0 Å². The second-order valence-corrected chi connectivity index (χ2v) is 8.30. The van der Waals surface area contributed by atoms with E-state index < -0.39 is 0 Å². The first kappa shape index (κ1) is 19.9. The van der Waals surface area contributed by atoms with Crippen molar-refractivity contribution in [3.63, 3.8) is 0 Å². The molecule has 1 aliphatic heterocycles. The second-order valence-electron chi connectivity index (χ2n) is 7.38. The summed E-state index contributed by atoms with van der Waals surface area (Å²) in [4.78, 5) is 12.8. The Morgan fingerprint density at radius 3 is 2.55 bits per heavy atom. The Kier molecular flexibility index (Phi) is 6.16. The van der Waals surface area contributed by atoms with Crippen LogP contribution >= 0.6 is 15.9 Å². The van der Waals surface area contributed by atoms with Gasteiger partial charge in [-0.25, -0.2) is 0 Å². The molecule has 0 unspecified atom stereocenters. The van der Waals surface area contributed by atoms with Crippen LogP contribution in [0, 0.1) is 0 Å². The van der Waals surface area contributed by atoms with Crippen molar-refractivity contribution >= 4 is 21.8 Å². The molecule has 1 amide bonds. The van der Waals surface area contributed by atoms with Gasteiger partial charge in [0, 0.05) is 36.1 Å². The van der Waals surface area contributed by atoms with Crippen LogP contribution in [0.2, 0.25) is 0 Å². The predicted octanol–water partition coefficient (Wildman–Crippen LogP) is 5.46. The van der Waals surface area contributed by atoms with Crippen LogP contribution in [-0.4, -0.2) is 19.1 Å². The van der Waals surface area contributed by atoms with Crippen molar-refractivity contribution < 1.29 is 13.9 Å². The lowest BCUT2D eigenvalue weighted by Gasteiger charge is -2.38. The zero-order valence-corrected chi connectivity index (χ0v) is 17.8. The minimum Gasteiger partial charge on any atom is -0.461 e. The molecule has 3 aromatic rings. The van der Waals surface area contributed by atoms with E-state index in [4.69, 9.17) is 9.15 Å². The van der Waals surface area contributed by atoms with Crippen LogP contribution < -0.4 is 5.32 Å². The summed E-state index contributed by atoms with van der Waals surface area (Å²) in [5, 5.41) is 3.30. The number of rotatable bonds is 6. The highest BCUT2D eigenvalue weighted by Gasteiger charge is 2.36. The molecule has 0 radical (unpaired) electrons. The number of halogens is 1. The first-order valence-electron chi connectivity index (χ1n) is 9.94. The Labute approximate surface area is 179 Å². The minimum atomic E-state index is -0.378. The summed E-state index contributed by atoms with van der Waals surface area (Å²) in [5.41, 5.74) is 1.78. The average molecular weight is 454 g/mol. The third-order valence-corrected chi connectivity index (χ3v) is 5.91. The number of aryl methyl sites for hydroxylation is 1. The summed E-state index contributed by atoms with van der Waals surface area (Å²) in [7, 11) is 0. The molecule has 1 N–H and O–H groups in total. The normalized spacial score (nSPS) is 15.8. The molecule has 5 heteroatoms. The van der Waals surface area contributed by atoms with E-state index >= 15 is 0 Å². The number of nitrogens with one attached hydrogen (secondary N) is 1. The number of amides is 1. The van der Waals surface area contributed by atoms with E-state index in [2.05, 4.69) is 33.4 Å². The van der Waals surface area contributed by atoms with Gasteiger partial charge in [0.25, 0.3) is 0 Å². The summed E-state index contributed by atoms with van der Waals surface area (Å²) in [5.74, 6) is 1.68. The highest BCUT2D eigenvalue weighted by molar-refractivity contribution is 9.10. The zero-order valence-electron chi connectivity index (χ0n) is 16.2. The Balaban J connectivity index is 1.42. The van der Waals surface area contributed by atoms with Crippen molar-refractivity contribution in [2.24, 2.45) is 0 Å². The molecule has 4 rings (SSSR count). The van der Waals surface area contributed by atoms with E-state index in [0.29, 0.717) is 26.1 Å². The summed E-state index contributed by atoms with van der Waals surface area (Å²) < 4.78 is 12.5. The van der Waals surface area contributed by atoms with Crippen LogP contribution in [0.4, 0.5) is 0 Å². The van der Waals surface area contributed by atoms with Gasteiger partial charge in [-0.3, -0.25) is 4.79 Å². The topological polar surface area (TPSA) is 51.5 Å². The number of carbonyl (C=O) groups excluding carboxylic acids is 1. The van der Waals surface area contributed by atoms with Gasteiger partial charge < -0.3 is 14.5 Å². The van der Waals surface area contributed by atoms with Crippen molar-refractivity contribution in [3.8, 4) is 11.3 Å². The summed E-state index contributed by atoms with van der Waals surface area (Å²) in [6.45, 7) is 1.29. The van der Waals surface area contributed by atoms with Crippen molar-refractivity contribution in [1.29, 1.82) is 0 Å². The Morgan fingerprint density at radius 1 is 1.00 bits per heavy atom. The van der Waals surface area contributed by atoms with Crippen LogP contribution in [0.3, 0.4) is 0 Å². The summed E-state index contributed by atoms with van der Waals surface area (Å²) in [6.07, 6.45) is 2.50. The van der Waals surface area contributed by atoms with Crippen LogP contribution in [0.15, 0.2) is 75.6 Å². The second kappa shape index (κ2) is 8.97. The number of ether oxygens (including phenoxy) is 1. The fourth-order valence-electron chi connectivity index (χ4n) is 3.83. The van der Waals surface area contributed by atoms with Crippen molar-refractivity contribution in [3.05, 3.63) is 82.5 Å². The summed E-state index contributed by atoms with van der Waals surface area (Å²) in [6, 6.07) is 22.1. The Hall–Kier alpha value is -2.37. The van der Waals surface area contributed by atoms with Crippen LogP contribution in [-0.2, 0) is 21.5 Å². The highest BCUT2D eigenvalue weighted by Crippen LogP contribution is 2.33. The third-order valence-electron chi connectivity index (χ3n) is 5.42. The van der Waals surface area contributed by atoms with Crippen molar-refractivity contribution in [1.82, 2.24) is 5.32 Å². The molecule has 4 nitrogen and oxygen atoms in total. The van der Waals surface area contributed by atoms with Gasteiger partial charge in [0.05, 0.1) is 5.54 Å². The highest BCUT2D eigenvalue weighted by atomic mass is 79.9. The number of hydrogen-bond acceptors (Lipinski definition) is 3. The lowest BCUT2D eigenvalue weighted by molar-refractivity contribution is -0.124. The number of furan rings is 1. The van der Waals surface area contributed by atoms with Gasteiger partial charge >= 0.3 is 0 Å². The van der Waals surface area contributed by atoms with Gasteiger partial charge in [-0.15, -0.1) is 0 Å². The van der Waals surface area contributed by atoms with Gasteiger partial charge in [-0.05, 0) is 42.7 Å². The molecule has 0 atom stereocenters. The lowest BCUT2D eigenvalue weighted by Crippen LogP contribution is -2.49. The molecular weight excluding hydrogens is 430 g/mol. The van der Waals surface area contributed by atoms with E-state index in [9.17, 15) is 4.79 Å². The van der Waals surface area contributed by atoms with E-state index in [-0.39, 0.29) is 11.4 Å². The maximum absolute atomic E-state index is 12.8. The fraction of sp³-hybridized carbons (Fsp3) is 0.292. The number of benzene rings is 2. The van der Waals surface area contributed by atoms with Crippen LogP contribution in [0.1, 0.15) is 30.6 Å². The molecule has 1 saturated heterocycles. The van der Waals surface area contributed by atoms with Gasteiger partial charge in [-0.2, -0.15) is 0 Å². The molecule has 1 aromatic heterocycles. The molecule has 1 aliphatic rings. The maximum Gasteiger partial charge on any atom is 0.221 e. The Bertz CT molecular complexity index is 961. The Morgan fingerprint density at radius 2 is 1.79 bits per heavy atom. The molecule has 1 fully saturated rings. The SMILES string of the molecule is O=C(CCc1ccc(-c2ccccc2)o1)NC1(c2cccc(Br)c2)CCOCC1.